The number of hydrogen-bond donors (Lipinski definition) is 1. The molecule has 2 N–H and O–H groups in total. The molecule has 1 aromatic carbocycles. The lowest BCUT2D eigenvalue weighted by Gasteiger charge is -2.33. The highest BCUT2D eigenvalue weighted by Gasteiger charge is 2.28. The molecule has 1 saturated carbocycles. The van der Waals surface area contributed by atoms with Crippen LogP contribution in [0.25, 0.3) is 0 Å². The maximum Gasteiger partial charge on any atom is 0.120 e. The van der Waals surface area contributed by atoms with Gasteiger partial charge in [-0.2, -0.15) is 0 Å². The quantitative estimate of drug-likeness (QED) is 0.869. The Kier molecular flexibility index (Phi) is 4.06. The highest BCUT2D eigenvalue weighted by molar-refractivity contribution is 5.27. The van der Waals surface area contributed by atoms with Crippen molar-refractivity contribution in [3.63, 3.8) is 0 Å². The normalized spacial score (nSPS) is 29.0. The molecule has 17 heavy (non-hydrogen) atoms. The molecule has 1 aliphatic carbocycles. The van der Waals surface area contributed by atoms with E-state index in [1.54, 1.807) is 0 Å². The van der Waals surface area contributed by atoms with Gasteiger partial charge in [-0.3, -0.25) is 0 Å². The molecular weight excluding hydrogens is 210 g/mol. The van der Waals surface area contributed by atoms with Crippen LogP contribution in [0.15, 0.2) is 24.3 Å². The van der Waals surface area contributed by atoms with Gasteiger partial charge in [0.25, 0.3) is 0 Å². The Labute approximate surface area is 104 Å². The van der Waals surface area contributed by atoms with Gasteiger partial charge in [0.1, 0.15) is 11.9 Å². The molecule has 0 heterocycles. The van der Waals surface area contributed by atoms with Gasteiger partial charge >= 0.3 is 0 Å². The molecule has 2 rings (SSSR count). The van der Waals surface area contributed by atoms with Crippen molar-refractivity contribution in [2.24, 2.45) is 11.7 Å². The SMILES string of the molecule is CCC1CCC(N)C(Oc2cccc(C)c2)C1. The van der Waals surface area contributed by atoms with E-state index in [4.69, 9.17) is 10.5 Å². The average molecular weight is 233 g/mol. The summed E-state index contributed by atoms with van der Waals surface area (Å²) in [7, 11) is 0. The fraction of sp³-hybridized carbons (Fsp3) is 0.600. The number of nitrogens with two attached hydrogens (primary N) is 1. The highest BCUT2D eigenvalue weighted by atomic mass is 16.5. The first kappa shape index (κ1) is 12.4. The largest absolute Gasteiger partial charge is 0.489 e. The van der Waals surface area contributed by atoms with Gasteiger partial charge in [-0.05, 0) is 49.8 Å². The molecule has 1 fully saturated rings. The molecule has 0 saturated heterocycles. The van der Waals surface area contributed by atoms with Crippen LogP contribution < -0.4 is 10.5 Å². The van der Waals surface area contributed by atoms with Crippen LogP contribution in [0, 0.1) is 12.8 Å². The lowest BCUT2D eigenvalue weighted by Crippen LogP contribution is -2.43. The zero-order valence-corrected chi connectivity index (χ0v) is 10.9. The predicted molar refractivity (Wildman–Crippen MR) is 71.2 cm³/mol. The molecule has 2 heteroatoms. The number of hydrogen-bond acceptors (Lipinski definition) is 2. The number of ether oxygens (including phenoxy) is 1. The Morgan fingerprint density at radius 2 is 2.18 bits per heavy atom. The fourth-order valence-corrected chi connectivity index (χ4v) is 2.60. The van der Waals surface area contributed by atoms with Gasteiger partial charge in [0.05, 0.1) is 0 Å². The maximum atomic E-state index is 6.16. The molecule has 1 aromatic rings. The smallest absolute Gasteiger partial charge is 0.120 e. The van der Waals surface area contributed by atoms with Crippen molar-refractivity contribution in [3.05, 3.63) is 29.8 Å². The monoisotopic (exact) mass is 233 g/mol. The standard InChI is InChI=1S/C15H23NO/c1-3-12-7-8-14(16)15(10-12)17-13-6-4-5-11(2)9-13/h4-6,9,12,14-15H,3,7-8,10,16H2,1-2H3. The van der Waals surface area contributed by atoms with Crippen molar-refractivity contribution >= 4 is 0 Å². The fourth-order valence-electron chi connectivity index (χ4n) is 2.60. The van der Waals surface area contributed by atoms with Gasteiger partial charge < -0.3 is 10.5 Å². The summed E-state index contributed by atoms with van der Waals surface area (Å²) >= 11 is 0. The molecule has 0 radical (unpaired) electrons. The van der Waals surface area contributed by atoms with Crippen molar-refractivity contribution in [1.29, 1.82) is 0 Å². The van der Waals surface area contributed by atoms with Gasteiger partial charge in [-0.25, -0.2) is 0 Å². The Morgan fingerprint density at radius 1 is 1.35 bits per heavy atom. The van der Waals surface area contributed by atoms with Gasteiger partial charge in [0.15, 0.2) is 0 Å². The number of rotatable bonds is 3. The summed E-state index contributed by atoms with van der Waals surface area (Å²) in [6, 6.07) is 8.43. The van der Waals surface area contributed by atoms with Crippen LogP contribution in [0.2, 0.25) is 0 Å². The number of benzene rings is 1. The first-order valence-electron chi connectivity index (χ1n) is 6.68. The molecule has 94 valence electrons. The van der Waals surface area contributed by atoms with Crippen molar-refractivity contribution in [2.75, 3.05) is 0 Å². The third kappa shape index (κ3) is 3.22. The molecule has 0 aliphatic heterocycles. The highest BCUT2D eigenvalue weighted by Crippen LogP contribution is 2.29. The molecule has 3 atom stereocenters. The van der Waals surface area contributed by atoms with Crippen LogP contribution >= 0.6 is 0 Å². The van der Waals surface area contributed by atoms with Crippen molar-refractivity contribution in [2.45, 2.75) is 51.7 Å². The lowest BCUT2D eigenvalue weighted by molar-refractivity contribution is 0.101. The lowest BCUT2D eigenvalue weighted by atomic mass is 9.83. The minimum atomic E-state index is 0.190. The van der Waals surface area contributed by atoms with E-state index in [0.717, 1.165) is 24.5 Å². The molecule has 0 bridgehead atoms. The molecule has 0 spiro atoms. The second kappa shape index (κ2) is 5.54. The Balaban J connectivity index is 2.01. The van der Waals surface area contributed by atoms with E-state index in [-0.39, 0.29) is 12.1 Å². The Hall–Kier alpha value is -1.02. The third-order valence-electron chi connectivity index (χ3n) is 3.81. The maximum absolute atomic E-state index is 6.16. The van der Waals surface area contributed by atoms with Gasteiger partial charge in [-0.15, -0.1) is 0 Å². The van der Waals surface area contributed by atoms with Crippen molar-refractivity contribution < 1.29 is 4.74 Å². The van der Waals surface area contributed by atoms with Crippen LogP contribution in [0.4, 0.5) is 0 Å². The summed E-state index contributed by atoms with van der Waals surface area (Å²) in [5.41, 5.74) is 7.39. The topological polar surface area (TPSA) is 35.2 Å². The summed E-state index contributed by atoms with van der Waals surface area (Å²) in [5.74, 6) is 1.74. The zero-order chi connectivity index (χ0) is 12.3. The van der Waals surface area contributed by atoms with E-state index in [1.807, 2.05) is 12.1 Å². The van der Waals surface area contributed by atoms with Crippen LogP contribution in [-0.2, 0) is 0 Å². The molecule has 3 unspecified atom stereocenters. The van der Waals surface area contributed by atoms with E-state index in [0.29, 0.717) is 0 Å². The van der Waals surface area contributed by atoms with Gasteiger partial charge in [0.2, 0.25) is 0 Å². The molecule has 0 amide bonds. The van der Waals surface area contributed by atoms with E-state index in [2.05, 4.69) is 26.0 Å². The first-order chi connectivity index (χ1) is 8.19. The van der Waals surface area contributed by atoms with Crippen LogP contribution in [0.5, 0.6) is 5.75 Å². The zero-order valence-electron chi connectivity index (χ0n) is 10.9. The van der Waals surface area contributed by atoms with Gasteiger partial charge in [-0.1, -0.05) is 25.5 Å². The average Bonchev–Trinajstić information content (AvgIpc) is 2.32. The number of aryl methyl sites for hydroxylation is 1. The van der Waals surface area contributed by atoms with Crippen LogP contribution in [0.1, 0.15) is 38.2 Å². The van der Waals surface area contributed by atoms with Crippen molar-refractivity contribution in [1.82, 2.24) is 0 Å². The van der Waals surface area contributed by atoms with Crippen molar-refractivity contribution in [3.8, 4) is 5.75 Å². The summed E-state index contributed by atoms with van der Waals surface area (Å²) in [5, 5.41) is 0. The third-order valence-corrected chi connectivity index (χ3v) is 3.81. The van der Waals surface area contributed by atoms with E-state index in [1.165, 1.54) is 18.4 Å². The minimum absolute atomic E-state index is 0.190. The first-order valence-corrected chi connectivity index (χ1v) is 6.68. The summed E-state index contributed by atoms with van der Waals surface area (Å²) in [6.45, 7) is 4.34. The summed E-state index contributed by atoms with van der Waals surface area (Å²) in [6.07, 6.45) is 4.88. The summed E-state index contributed by atoms with van der Waals surface area (Å²) < 4.78 is 6.06. The molecule has 0 aromatic heterocycles. The summed E-state index contributed by atoms with van der Waals surface area (Å²) in [4.78, 5) is 0. The van der Waals surface area contributed by atoms with Crippen LogP contribution in [-0.4, -0.2) is 12.1 Å². The second-order valence-corrected chi connectivity index (χ2v) is 5.22. The second-order valence-electron chi connectivity index (χ2n) is 5.22. The Morgan fingerprint density at radius 3 is 2.88 bits per heavy atom. The van der Waals surface area contributed by atoms with Crippen LogP contribution in [0.3, 0.4) is 0 Å². The molecular formula is C15H23NO. The van der Waals surface area contributed by atoms with E-state index >= 15 is 0 Å². The minimum Gasteiger partial charge on any atom is -0.489 e. The Bertz CT molecular complexity index is 364. The molecule has 1 aliphatic rings. The molecule has 2 nitrogen and oxygen atoms in total. The van der Waals surface area contributed by atoms with Gasteiger partial charge in [0, 0.05) is 6.04 Å². The van der Waals surface area contributed by atoms with E-state index in [9.17, 15) is 0 Å². The predicted octanol–water partition coefficient (Wildman–Crippen LogP) is 3.28. The van der Waals surface area contributed by atoms with E-state index < -0.39 is 0 Å².